The quantitative estimate of drug-likeness (QED) is 0.898. The van der Waals surface area contributed by atoms with Gasteiger partial charge in [-0.25, -0.2) is 23.1 Å². The van der Waals surface area contributed by atoms with Crippen LogP contribution in [0.15, 0.2) is 35.4 Å². The van der Waals surface area contributed by atoms with Crippen LogP contribution < -0.4 is 9.62 Å². The van der Waals surface area contributed by atoms with E-state index in [9.17, 15) is 8.42 Å². The minimum absolute atomic E-state index is 0.152. The standard InChI is InChI=1S/C17H22N4O2S/c1-13-5-6-14(2)16(11-13)24(22,23)19-12-15-7-8-18-17(20-15)21-9-3-4-10-21/h5-8,11,19H,3-4,9-10,12H2,1-2H3. The van der Waals surface area contributed by atoms with Gasteiger partial charge in [0.1, 0.15) is 0 Å². The van der Waals surface area contributed by atoms with Crippen molar-refractivity contribution in [2.75, 3.05) is 18.0 Å². The summed E-state index contributed by atoms with van der Waals surface area (Å²) >= 11 is 0. The zero-order chi connectivity index (χ0) is 17.2. The highest BCUT2D eigenvalue weighted by Crippen LogP contribution is 2.18. The van der Waals surface area contributed by atoms with E-state index in [1.807, 2.05) is 19.1 Å². The Hall–Kier alpha value is -1.99. The van der Waals surface area contributed by atoms with Gasteiger partial charge in [0, 0.05) is 19.3 Å². The predicted molar refractivity (Wildman–Crippen MR) is 93.4 cm³/mol. The van der Waals surface area contributed by atoms with Crippen LogP contribution in [0.1, 0.15) is 29.7 Å². The number of anilines is 1. The van der Waals surface area contributed by atoms with E-state index in [-0.39, 0.29) is 6.54 Å². The lowest BCUT2D eigenvalue weighted by molar-refractivity contribution is 0.579. The summed E-state index contributed by atoms with van der Waals surface area (Å²) in [7, 11) is -3.57. The van der Waals surface area contributed by atoms with E-state index >= 15 is 0 Å². The largest absolute Gasteiger partial charge is 0.341 e. The van der Waals surface area contributed by atoms with Crippen LogP contribution in [0, 0.1) is 13.8 Å². The summed E-state index contributed by atoms with van der Waals surface area (Å²) < 4.78 is 27.8. The molecule has 1 N–H and O–H groups in total. The zero-order valence-corrected chi connectivity index (χ0v) is 14.8. The molecule has 0 bridgehead atoms. The van der Waals surface area contributed by atoms with Gasteiger partial charge in [-0.3, -0.25) is 0 Å². The van der Waals surface area contributed by atoms with Crippen molar-refractivity contribution in [1.82, 2.24) is 14.7 Å². The van der Waals surface area contributed by atoms with E-state index in [0.29, 0.717) is 16.5 Å². The fraction of sp³-hybridized carbons (Fsp3) is 0.412. The number of hydrogen-bond donors (Lipinski definition) is 1. The number of hydrogen-bond acceptors (Lipinski definition) is 5. The van der Waals surface area contributed by atoms with Gasteiger partial charge >= 0.3 is 0 Å². The molecule has 0 spiro atoms. The minimum Gasteiger partial charge on any atom is -0.341 e. The first kappa shape index (κ1) is 16.9. The van der Waals surface area contributed by atoms with Crippen molar-refractivity contribution in [3.8, 4) is 0 Å². The van der Waals surface area contributed by atoms with Crippen LogP contribution in [0.3, 0.4) is 0 Å². The normalized spacial score (nSPS) is 15.0. The maximum Gasteiger partial charge on any atom is 0.241 e. The lowest BCUT2D eigenvalue weighted by atomic mass is 10.2. The Morgan fingerprint density at radius 1 is 1.17 bits per heavy atom. The van der Waals surface area contributed by atoms with E-state index < -0.39 is 10.0 Å². The maximum atomic E-state index is 12.6. The Labute approximate surface area is 143 Å². The van der Waals surface area contributed by atoms with Gasteiger partial charge in [0.2, 0.25) is 16.0 Å². The van der Waals surface area contributed by atoms with Crippen LogP contribution in [0.5, 0.6) is 0 Å². The molecular weight excluding hydrogens is 324 g/mol. The van der Waals surface area contributed by atoms with Crippen molar-refractivity contribution in [2.45, 2.75) is 38.1 Å². The molecule has 6 nitrogen and oxygen atoms in total. The lowest BCUT2D eigenvalue weighted by Crippen LogP contribution is -2.26. The molecule has 1 saturated heterocycles. The lowest BCUT2D eigenvalue weighted by Gasteiger charge is -2.15. The summed E-state index contributed by atoms with van der Waals surface area (Å²) in [5.41, 5.74) is 2.31. The maximum absolute atomic E-state index is 12.6. The number of rotatable bonds is 5. The fourth-order valence-electron chi connectivity index (χ4n) is 2.80. The predicted octanol–water partition coefficient (Wildman–Crippen LogP) is 2.17. The third-order valence-corrected chi connectivity index (χ3v) is 5.71. The third kappa shape index (κ3) is 3.73. The van der Waals surface area contributed by atoms with Crippen molar-refractivity contribution >= 4 is 16.0 Å². The molecule has 2 heterocycles. The van der Waals surface area contributed by atoms with Crippen LogP contribution in [0.25, 0.3) is 0 Å². The molecule has 24 heavy (non-hydrogen) atoms. The summed E-state index contributed by atoms with van der Waals surface area (Å²) in [6.07, 6.45) is 3.97. The molecule has 0 atom stereocenters. The van der Waals surface area contributed by atoms with Gasteiger partial charge in [-0.05, 0) is 49.9 Å². The number of nitrogens with zero attached hydrogens (tertiary/aromatic N) is 3. The van der Waals surface area contributed by atoms with E-state index in [0.717, 1.165) is 37.1 Å². The zero-order valence-electron chi connectivity index (χ0n) is 14.0. The van der Waals surface area contributed by atoms with Gasteiger partial charge in [0.25, 0.3) is 0 Å². The molecule has 3 rings (SSSR count). The Morgan fingerprint density at radius 3 is 2.67 bits per heavy atom. The number of aryl methyl sites for hydroxylation is 2. The molecule has 7 heteroatoms. The topological polar surface area (TPSA) is 75.2 Å². The van der Waals surface area contributed by atoms with Crippen LogP contribution in [0.2, 0.25) is 0 Å². The number of sulfonamides is 1. The first-order chi connectivity index (χ1) is 11.5. The molecule has 128 valence electrons. The first-order valence-electron chi connectivity index (χ1n) is 8.09. The summed E-state index contributed by atoms with van der Waals surface area (Å²) in [6, 6.07) is 7.15. The summed E-state index contributed by atoms with van der Waals surface area (Å²) in [6.45, 7) is 5.74. The van der Waals surface area contributed by atoms with Gasteiger partial charge in [-0.15, -0.1) is 0 Å². The van der Waals surface area contributed by atoms with E-state index in [4.69, 9.17) is 0 Å². The Balaban J connectivity index is 1.75. The molecule has 1 aromatic carbocycles. The first-order valence-corrected chi connectivity index (χ1v) is 9.58. The van der Waals surface area contributed by atoms with Crippen LogP contribution in [-0.4, -0.2) is 31.5 Å². The Morgan fingerprint density at radius 2 is 1.92 bits per heavy atom. The molecular formula is C17H22N4O2S. The van der Waals surface area contributed by atoms with E-state index in [1.165, 1.54) is 0 Å². The van der Waals surface area contributed by atoms with E-state index in [2.05, 4.69) is 19.6 Å². The van der Waals surface area contributed by atoms with Crippen molar-refractivity contribution in [3.05, 3.63) is 47.3 Å². The minimum atomic E-state index is -3.57. The summed E-state index contributed by atoms with van der Waals surface area (Å²) in [4.78, 5) is 11.2. The molecule has 1 aliphatic heterocycles. The van der Waals surface area contributed by atoms with Crippen LogP contribution in [-0.2, 0) is 16.6 Å². The summed E-state index contributed by atoms with van der Waals surface area (Å²) in [5, 5.41) is 0. The molecule has 1 aromatic heterocycles. The Kier molecular flexibility index (Phi) is 4.82. The number of nitrogens with one attached hydrogen (secondary N) is 1. The van der Waals surface area contributed by atoms with Crippen molar-refractivity contribution in [2.24, 2.45) is 0 Å². The second kappa shape index (κ2) is 6.86. The van der Waals surface area contributed by atoms with Crippen molar-refractivity contribution in [1.29, 1.82) is 0 Å². The molecule has 1 aliphatic rings. The average molecular weight is 346 g/mol. The van der Waals surface area contributed by atoms with Gasteiger partial charge in [-0.2, -0.15) is 0 Å². The molecule has 0 saturated carbocycles. The number of aromatic nitrogens is 2. The second-order valence-corrected chi connectivity index (χ2v) is 7.87. The monoisotopic (exact) mass is 346 g/mol. The SMILES string of the molecule is Cc1ccc(C)c(S(=O)(=O)NCc2ccnc(N3CCCC3)n2)c1. The van der Waals surface area contributed by atoms with Crippen molar-refractivity contribution < 1.29 is 8.42 Å². The van der Waals surface area contributed by atoms with E-state index in [1.54, 1.807) is 25.3 Å². The average Bonchev–Trinajstić information content (AvgIpc) is 3.10. The molecule has 0 aliphatic carbocycles. The smallest absolute Gasteiger partial charge is 0.241 e. The number of benzene rings is 1. The molecule has 1 fully saturated rings. The van der Waals surface area contributed by atoms with Gasteiger partial charge in [0.15, 0.2) is 0 Å². The highest BCUT2D eigenvalue weighted by atomic mass is 32.2. The van der Waals surface area contributed by atoms with Crippen LogP contribution >= 0.6 is 0 Å². The van der Waals surface area contributed by atoms with Gasteiger partial charge in [-0.1, -0.05) is 12.1 Å². The highest BCUT2D eigenvalue weighted by Gasteiger charge is 2.18. The third-order valence-electron chi connectivity index (χ3n) is 4.17. The second-order valence-electron chi connectivity index (χ2n) is 6.14. The van der Waals surface area contributed by atoms with Gasteiger partial charge < -0.3 is 4.90 Å². The van der Waals surface area contributed by atoms with Gasteiger partial charge in [0.05, 0.1) is 17.1 Å². The molecule has 0 unspecified atom stereocenters. The fourth-order valence-corrected chi connectivity index (χ4v) is 4.12. The molecule has 2 aromatic rings. The molecule has 0 radical (unpaired) electrons. The van der Waals surface area contributed by atoms with Crippen LogP contribution in [0.4, 0.5) is 5.95 Å². The van der Waals surface area contributed by atoms with Crippen molar-refractivity contribution in [3.63, 3.8) is 0 Å². The summed E-state index contributed by atoms with van der Waals surface area (Å²) in [5.74, 6) is 0.677. The highest BCUT2D eigenvalue weighted by molar-refractivity contribution is 7.89. The molecule has 0 amide bonds. The Bertz CT molecular complexity index is 830.